The van der Waals surface area contributed by atoms with Crippen LogP contribution in [0.1, 0.15) is 18.1 Å². The summed E-state index contributed by atoms with van der Waals surface area (Å²) in [6.45, 7) is 2.78. The van der Waals surface area contributed by atoms with Crippen molar-refractivity contribution in [3.05, 3.63) is 86.0 Å². The highest BCUT2D eigenvalue weighted by molar-refractivity contribution is 14.1. The van der Waals surface area contributed by atoms with Crippen LogP contribution in [0.5, 0.6) is 17.2 Å². The highest BCUT2D eigenvalue weighted by Crippen LogP contribution is 2.34. The molecule has 3 aromatic rings. The summed E-state index contributed by atoms with van der Waals surface area (Å²) in [7, 11) is 1.54. The first-order valence-corrected chi connectivity index (χ1v) is 11.8. The average Bonchev–Trinajstić information content (AvgIpc) is 2.84. The molecule has 34 heavy (non-hydrogen) atoms. The third kappa shape index (κ3) is 6.89. The number of amides is 1. The van der Waals surface area contributed by atoms with Crippen LogP contribution in [-0.4, -0.2) is 19.6 Å². The predicted molar refractivity (Wildman–Crippen MR) is 141 cm³/mol. The lowest BCUT2D eigenvalue weighted by Crippen LogP contribution is -2.13. The summed E-state index contributed by atoms with van der Waals surface area (Å²) in [5, 5.41) is 13.0. The molecule has 0 heterocycles. The van der Waals surface area contributed by atoms with Crippen molar-refractivity contribution in [2.45, 2.75) is 13.5 Å². The van der Waals surface area contributed by atoms with Gasteiger partial charge >= 0.3 is 0 Å². The van der Waals surface area contributed by atoms with Crippen LogP contribution in [0.25, 0.3) is 6.08 Å². The number of rotatable bonds is 9. The topological polar surface area (TPSA) is 80.6 Å². The van der Waals surface area contributed by atoms with Gasteiger partial charge in [-0.15, -0.1) is 0 Å². The number of carbonyl (C=O) groups excluding carboxylic acids is 1. The first-order valence-electron chi connectivity index (χ1n) is 10.3. The molecule has 0 aromatic heterocycles. The molecule has 0 saturated carbocycles. The Balaban J connectivity index is 1.67. The molecular formula is C26H22ClIN2O4. The summed E-state index contributed by atoms with van der Waals surface area (Å²) >= 11 is 8.03. The van der Waals surface area contributed by atoms with E-state index in [1.54, 1.807) is 37.4 Å². The minimum atomic E-state index is -0.514. The minimum Gasteiger partial charge on any atom is -0.493 e. The van der Waals surface area contributed by atoms with Crippen LogP contribution in [-0.2, 0) is 11.4 Å². The Morgan fingerprint density at radius 3 is 2.44 bits per heavy atom. The minimum absolute atomic E-state index is 0.0370. The normalized spacial score (nSPS) is 10.9. The SMILES string of the molecule is CCOc1c(I)cc(/C=C(\C#N)C(=O)Nc2ccc(OCc3ccc(Cl)cc3)cc2)cc1OC. The zero-order valence-corrected chi connectivity index (χ0v) is 21.5. The second-order valence-corrected chi connectivity index (χ2v) is 8.63. The second kappa shape index (κ2) is 12.3. The molecule has 174 valence electrons. The van der Waals surface area contributed by atoms with Gasteiger partial charge in [0.2, 0.25) is 0 Å². The van der Waals surface area contributed by atoms with Gasteiger partial charge in [0.15, 0.2) is 11.5 Å². The van der Waals surface area contributed by atoms with Crippen molar-refractivity contribution in [1.82, 2.24) is 0 Å². The summed E-state index contributed by atoms with van der Waals surface area (Å²) in [5.41, 5.74) is 2.16. The molecule has 0 aliphatic heterocycles. The van der Waals surface area contributed by atoms with Crippen molar-refractivity contribution in [1.29, 1.82) is 5.26 Å². The number of methoxy groups -OCH3 is 1. The van der Waals surface area contributed by atoms with Crippen molar-refractivity contribution in [3.63, 3.8) is 0 Å². The molecule has 1 N–H and O–H groups in total. The van der Waals surface area contributed by atoms with Gasteiger partial charge < -0.3 is 19.5 Å². The van der Waals surface area contributed by atoms with Crippen molar-refractivity contribution in [3.8, 4) is 23.3 Å². The van der Waals surface area contributed by atoms with Gasteiger partial charge in [0.1, 0.15) is 24.0 Å². The Kier molecular flexibility index (Phi) is 9.19. The van der Waals surface area contributed by atoms with Gasteiger partial charge in [-0.1, -0.05) is 23.7 Å². The number of hydrogen-bond acceptors (Lipinski definition) is 5. The Morgan fingerprint density at radius 2 is 1.82 bits per heavy atom. The van der Waals surface area contributed by atoms with Crippen molar-refractivity contribution < 1.29 is 19.0 Å². The first-order chi connectivity index (χ1) is 16.4. The molecule has 0 unspecified atom stereocenters. The molecule has 0 atom stereocenters. The van der Waals surface area contributed by atoms with Crippen LogP contribution in [0.4, 0.5) is 5.69 Å². The van der Waals surface area contributed by atoms with E-state index >= 15 is 0 Å². The van der Waals surface area contributed by atoms with E-state index in [4.69, 9.17) is 25.8 Å². The highest BCUT2D eigenvalue weighted by Gasteiger charge is 2.14. The quantitative estimate of drug-likeness (QED) is 0.176. The number of nitrogens with one attached hydrogen (secondary N) is 1. The van der Waals surface area contributed by atoms with Gasteiger partial charge in [-0.25, -0.2) is 0 Å². The number of anilines is 1. The van der Waals surface area contributed by atoms with Crippen LogP contribution in [0.3, 0.4) is 0 Å². The highest BCUT2D eigenvalue weighted by atomic mass is 127. The number of carbonyl (C=O) groups is 1. The van der Waals surface area contributed by atoms with E-state index in [2.05, 4.69) is 27.9 Å². The van der Waals surface area contributed by atoms with Crippen molar-refractivity contribution in [2.24, 2.45) is 0 Å². The molecular weight excluding hydrogens is 567 g/mol. The van der Waals surface area contributed by atoms with E-state index in [1.807, 2.05) is 43.3 Å². The number of ether oxygens (including phenoxy) is 3. The van der Waals surface area contributed by atoms with Gasteiger partial charge in [0.05, 0.1) is 17.3 Å². The van der Waals surface area contributed by atoms with Gasteiger partial charge in [-0.3, -0.25) is 4.79 Å². The fourth-order valence-corrected chi connectivity index (χ4v) is 3.91. The molecule has 0 aliphatic rings. The Labute approximate surface area is 217 Å². The van der Waals surface area contributed by atoms with E-state index in [1.165, 1.54) is 6.08 Å². The van der Waals surface area contributed by atoms with E-state index in [-0.39, 0.29) is 5.57 Å². The van der Waals surface area contributed by atoms with Gasteiger partial charge in [0, 0.05) is 10.7 Å². The lowest BCUT2D eigenvalue weighted by Gasteiger charge is -2.12. The molecule has 3 rings (SSSR count). The van der Waals surface area contributed by atoms with Crippen LogP contribution < -0.4 is 19.5 Å². The molecule has 0 radical (unpaired) electrons. The summed E-state index contributed by atoms with van der Waals surface area (Å²) in [6.07, 6.45) is 1.51. The average molecular weight is 589 g/mol. The molecule has 0 aliphatic carbocycles. The van der Waals surface area contributed by atoms with E-state index in [0.29, 0.717) is 46.7 Å². The van der Waals surface area contributed by atoms with Crippen LogP contribution in [0, 0.1) is 14.9 Å². The Morgan fingerprint density at radius 1 is 1.12 bits per heavy atom. The number of nitrogens with zero attached hydrogens (tertiary/aromatic N) is 1. The van der Waals surface area contributed by atoms with Crippen molar-refractivity contribution >= 4 is 51.9 Å². The lowest BCUT2D eigenvalue weighted by atomic mass is 10.1. The third-order valence-electron chi connectivity index (χ3n) is 4.65. The zero-order valence-electron chi connectivity index (χ0n) is 18.6. The van der Waals surface area contributed by atoms with Crippen LogP contribution in [0.2, 0.25) is 5.02 Å². The molecule has 8 heteroatoms. The van der Waals surface area contributed by atoms with Gasteiger partial charge in [-0.2, -0.15) is 5.26 Å². The second-order valence-electron chi connectivity index (χ2n) is 7.03. The fraction of sp³-hybridized carbons (Fsp3) is 0.154. The summed E-state index contributed by atoms with van der Waals surface area (Å²) < 4.78 is 17.6. The zero-order chi connectivity index (χ0) is 24.5. The maximum absolute atomic E-state index is 12.7. The van der Waals surface area contributed by atoms with E-state index in [0.717, 1.165) is 9.13 Å². The number of hydrogen-bond donors (Lipinski definition) is 1. The van der Waals surface area contributed by atoms with Crippen LogP contribution >= 0.6 is 34.2 Å². The van der Waals surface area contributed by atoms with E-state index < -0.39 is 5.91 Å². The maximum atomic E-state index is 12.7. The Hall–Kier alpha value is -3.22. The third-order valence-corrected chi connectivity index (χ3v) is 5.70. The lowest BCUT2D eigenvalue weighted by molar-refractivity contribution is -0.112. The molecule has 0 saturated heterocycles. The van der Waals surface area contributed by atoms with Gasteiger partial charge in [0.25, 0.3) is 5.91 Å². The van der Waals surface area contributed by atoms with Crippen LogP contribution in [0.15, 0.2) is 66.2 Å². The number of halogens is 2. The molecule has 1 amide bonds. The Bertz CT molecular complexity index is 1220. The predicted octanol–water partition coefficient (Wildman–Crippen LogP) is 6.48. The molecule has 0 spiro atoms. The first kappa shape index (κ1) is 25.4. The molecule has 6 nitrogen and oxygen atoms in total. The largest absolute Gasteiger partial charge is 0.493 e. The molecule has 3 aromatic carbocycles. The van der Waals surface area contributed by atoms with E-state index in [9.17, 15) is 10.1 Å². The van der Waals surface area contributed by atoms with Gasteiger partial charge in [-0.05, 0) is 95.2 Å². The summed E-state index contributed by atoms with van der Waals surface area (Å²) in [5.74, 6) is 1.30. The maximum Gasteiger partial charge on any atom is 0.266 e. The fourth-order valence-electron chi connectivity index (χ4n) is 3.00. The smallest absolute Gasteiger partial charge is 0.266 e. The molecule has 0 bridgehead atoms. The summed E-state index contributed by atoms with van der Waals surface area (Å²) in [4.78, 5) is 12.7. The molecule has 0 fully saturated rings. The van der Waals surface area contributed by atoms with Crippen molar-refractivity contribution in [2.75, 3.05) is 19.0 Å². The standard InChI is InChI=1S/C26H22ClIN2O4/c1-3-33-25-23(28)13-18(14-24(25)32-2)12-19(15-29)26(31)30-21-8-10-22(11-9-21)34-16-17-4-6-20(27)7-5-17/h4-14H,3,16H2,1-2H3,(H,30,31)/b19-12+. The number of benzene rings is 3. The summed E-state index contributed by atoms with van der Waals surface area (Å²) in [6, 6.07) is 19.9. The monoisotopic (exact) mass is 588 g/mol. The number of nitriles is 1.